The first kappa shape index (κ1) is 17.3. The second-order valence-electron chi connectivity index (χ2n) is 6.69. The Kier molecular flexibility index (Phi) is 4.87. The van der Waals surface area contributed by atoms with Crippen LogP contribution in [0.3, 0.4) is 0 Å². The first-order valence-corrected chi connectivity index (χ1v) is 9.15. The molecule has 1 aliphatic heterocycles. The molecular weight excluding hydrogens is 340 g/mol. The molecule has 6 heteroatoms. The summed E-state index contributed by atoms with van der Waals surface area (Å²) >= 11 is 0. The summed E-state index contributed by atoms with van der Waals surface area (Å²) < 4.78 is 5.32. The number of ether oxygens (including phenoxy) is 1. The van der Waals surface area contributed by atoms with Gasteiger partial charge in [-0.1, -0.05) is 24.3 Å². The zero-order valence-corrected chi connectivity index (χ0v) is 15.3. The maximum absolute atomic E-state index is 12.8. The molecule has 1 fully saturated rings. The van der Waals surface area contributed by atoms with Crippen molar-refractivity contribution < 1.29 is 9.53 Å². The molecule has 1 saturated heterocycles. The Labute approximate surface area is 158 Å². The zero-order chi connectivity index (χ0) is 18.6. The van der Waals surface area contributed by atoms with Crippen molar-refractivity contribution in [3.8, 4) is 5.75 Å². The van der Waals surface area contributed by atoms with E-state index in [1.807, 2.05) is 48.5 Å². The third-order valence-electron chi connectivity index (χ3n) is 4.92. The number of piperidine rings is 1. The van der Waals surface area contributed by atoms with Crippen LogP contribution < -0.4 is 15.0 Å². The standard InChI is InChI=1S/C21H22N4O2/c1-27-19-11-5-4-10-18(19)24-21(26)15-7-6-12-25(14-15)20-13-22-16-8-2-3-9-17(16)23-20/h2-5,8-11,13,15H,6-7,12,14H2,1H3,(H,24,26)/t15-/m0/s1. The molecule has 2 aromatic carbocycles. The highest BCUT2D eigenvalue weighted by Crippen LogP contribution is 2.27. The quantitative estimate of drug-likeness (QED) is 0.769. The molecular formula is C21H22N4O2. The molecule has 6 nitrogen and oxygen atoms in total. The van der Waals surface area contributed by atoms with Gasteiger partial charge in [0.05, 0.1) is 35.9 Å². The minimum absolute atomic E-state index is 0.0120. The molecule has 1 aromatic heterocycles. The summed E-state index contributed by atoms with van der Waals surface area (Å²) in [5, 5.41) is 3.01. The summed E-state index contributed by atoms with van der Waals surface area (Å²) in [6.07, 6.45) is 3.60. The third-order valence-corrected chi connectivity index (χ3v) is 4.92. The van der Waals surface area contributed by atoms with Gasteiger partial charge in [-0.3, -0.25) is 9.78 Å². The SMILES string of the molecule is COc1ccccc1NC(=O)[C@H]1CCCN(c2cnc3ccccc3n2)C1. The number of fused-ring (bicyclic) bond motifs is 1. The van der Waals surface area contributed by atoms with Gasteiger partial charge in [-0.15, -0.1) is 0 Å². The van der Waals surface area contributed by atoms with Crippen molar-refractivity contribution in [1.82, 2.24) is 9.97 Å². The van der Waals surface area contributed by atoms with Crippen LogP contribution in [-0.4, -0.2) is 36.1 Å². The van der Waals surface area contributed by atoms with Crippen LogP contribution in [0.1, 0.15) is 12.8 Å². The van der Waals surface area contributed by atoms with Crippen LogP contribution in [0.4, 0.5) is 11.5 Å². The number of aromatic nitrogens is 2. The van der Waals surface area contributed by atoms with E-state index in [9.17, 15) is 4.79 Å². The number of hydrogen-bond donors (Lipinski definition) is 1. The van der Waals surface area contributed by atoms with Gasteiger partial charge in [-0.2, -0.15) is 0 Å². The van der Waals surface area contributed by atoms with Crippen LogP contribution in [-0.2, 0) is 4.79 Å². The molecule has 1 atom stereocenters. The number of nitrogens with zero attached hydrogens (tertiary/aromatic N) is 3. The summed E-state index contributed by atoms with van der Waals surface area (Å²) in [6, 6.07) is 15.3. The second-order valence-corrected chi connectivity index (χ2v) is 6.69. The molecule has 27 heavy (non-hydrogen) atoms. The van der Waals surface area contributed by atoms with Gasteiger partial charge in [0.1, 0.15) is 11.6 Å². The van der Waals surface area contributed by atoms with Crippen LogP contribution in [0.25, 0.3) is 11.0 Å². The predicted octanol–water partition coefficient (Wildman–Crippen LogP) is 3.49. The first-order chi connectivity index (χ1) is 13.2. The summed E-state index contributed by atoms with van der Waals surface area (Å²) in [5.41, 5.74) is 2.45. The third kappa shape index (κ3) is 3.69. The highest BCUT2D eigenvalue weighted by molar-refractivity contribution is 5.94. The van der Waals surface area contributed by atoms with E-state index < -0.39 is 0 Å². The highest BCUT2D eigenvalue weighted by atomic mass is 16.5. The van der Waals surface area contributed by atoms with Gasteiger partial charge in [-0.05, 0) is 37.1 Å². The summed E-state index contributed by atoms with van der Waals surface area (Å²) in [7, 11) is 1.60. The van der Waals surface area contributed by atoms with E-state index in [1.165, 1.54) is 0 Å². The maximum atomic E-state index is 12.8. The molecule has 1 amide bonds. The first-order valence-electron chi connectivity index (χ1n) is 9.15. The number of para-hydroxylation sites is 4. The van der Waals surface area contributed by atoms with E-state index >= 15 is 0 Å². The number of benzene rings is 2. The number of rotatable bonds is 4. The lowest BCUT2D eigenvalue weighted by Gasteiger charge is -2.32. The molecule has 0 spiro atoms. The van der Waals surface area contributed by atoms with Crippen molar-refractivity contribution in [2.24, 2.45) is 5.92 Å². The van der Waals surface area contributed by atoms with Crippen molar-refractivity contribution in [1.29, 1.82) is 0 Å². The number of hydrogen-bond acceptors (Lipinski definition) is 5. The van der Waals surface area contributed by atoms with Crippen molar-refractivity contribution in [2.75, 3.05) is 30.4 Å². The monoisotopic (exact) mass is 362 g/mol. The van der Waals surface area contributed by atoms with Gasteiger partial charge in [0, 0.05) is 13.1 Å². The van der Waals surface area contributed by atoms with E-state index in [1.54, 1.807) is 13.3 Å². The molecule has 0 aliphatic carbocycles. The molecule has 0 radical (unpaired) electrons. The molecule has 138 valence electrons. The number of anilines is 2. The van der Waals surface area contributed by atoms with Crippen molar-refractivity contribution in [3.63, 3.8) is 0 Å². The Morgan fingerprint density at radius 3 is 2.78 bits per heavy atom. The zero-order valence-electron chi connectivity index (χ0n) is 15.3. The normalized spacial score (nSPS) is 16.9. The average molecular weight is 362 g/mol. The summed E-state index contributed by atoms with van der Waals surface area (Å²) in [5.74, 6) is 1.40. The predicted molar refractivity (Wildman–Crippen MR) is 106 cm³/mol. The van der Waals surface area contributed by atoms with E-state index in [0.29, 0.717) is 18.0 Å². The van der Waals surface area contributed by atoms with Crippen LogP contribution in [0.5, 0.6) is 5.75 Å². The Hall–Kier alpha value is -3.15. The van der Waals surface area contributed by atoms with Gasteiger partial charge in [0.2, 0.25) is 5.91 Å². The molecule has 0 saturated carbocycles. The fourth-order valence-electron chi connectivity index (χ4n) is 3.48. The van der Waals surface area contributed by atoms with Gasteiger partial charge >= 0.3 is 0 Å². The van der Waals surface area contributed by atoms with Gasteiger partial charge in [-0.25, -0.2) is 4.98 Å². The van der Waals surface area contributed by atoms with E-state index in [0.717, 1.165) is 36.2 Å². The molecule has 3 aromatic rings. The molecule has 0 unspecified atom stereocenters. The second kappa shape index (κ2) is 7.61. The smallest absolute Gasteiger partial charge is 0.229 e. The van der Waals surface area contributed by atoms with Gasteiger partial charge in [0.15, 0.2) is 0 Å². The average Bonchev–Trinajstić information content (AvgIpc) is 2.74. The minimum atomic E-state index is -0.100. The molecule has 1 N–H and O–H groups in total. The number of nitrogens with one attached hydrogen (secondary N) is 1. The Morgan fingerprint density at radius 1 is 1.15 bits per heavy atom. The molecule has 0 bridgehead atoms. The van der Waals surface area contributed by atoms with E-state index in [2.05, 4.69) is 15.2 Å². The lowest BCUT2D eigenvalue weighted by Crippen LogP contribution is -2.41. The summed E-state index contributed by atoms with van der Waals surface area (Å²) in [4.78, 5) is 24.2. The maximum Gasteiger partial charge on any atom is 0.229 e. The molecule has 1 aliphatic rings. The van der Waals surface area contributed by atoms with Crippen molar-refractivity contribution >= 4 is 28.4 Å². The molecule has 2 heterocycles. The number of carbonyl (C=O) groups excluding carboxylic acids is 1. The summed E-state index contributed by atoms with van der Waals surface area (Å²) in [6.45, 7) is 1.51. The van der Waals surface area contributed by atoms with Gasteiger partial charge in [0.25, 0.3) is 0 Å². The van der Waals surface area contributed by atoms with Crippen LogP contribution in [0, 0.1) is 5.92 Å². The highest BCUT2D eigenvalue weighted by Gasteiger charge is 2.27. The lowest BCUT2D eigenvalue weighted by atomic mass is 9.97. The van der Waals surface area contributed by atoms with Crippen molar-refractivity contribution in [2.45, 2.75) is 12.8 Å². The van der Waals surface area contributed by atoms with Crippen LogP contribution >= 0.6 is 0 Å². The lowest BCUT2D eigenvalue weighted by molar-refractivity contribution is -0.120. The fourth-order valence-corrected chi connectivity index (χ4v) is 3.48. The minimum Gasteiger partial charge on any atom is -0.495 e. The van der Waals surface area contributed by atoms with E-state index in [4.69, 9.17) is 9.72 Å². The Morgan fingerprint density at radius 2 is 1.93 bits per heavy atom. The largest absolute Gasteiger partial charge is 0.495 e. The topological polar surface area (TPSA) is 67.3 Å². The number of methoxy groups -OCH3 is 1. The fraction of sp³-hybridized carbons (Fsp3) is 0.286. The Bertz CT molecular complexity index is 960. The Balaban J connectivity index is 1.49. The van der Waals surface area contributed by atoms with Crippen LogP contribution in [0.2, 0.25) is 0 Å². The van der Waals surface area contributed by atoms with Gasteiger partial charge < -0.3 is 15.0 Å². The molecule has 4 rings (SSSR count). The number of carbonyl (C=O) groups is 1. The number of amides is 1. The van der Waals surface area contributed by atoms with Crippen LogP contribution in [0.15, 0.2) is 54.7 Å². The van der Waals surface area contributed by atoms with E-state index in [-0.39, 0.29) is 11.8 Å². The van der Waals surface area contributed by atoms with Crippen molar-refractivity contribution in [3.05, 3.63) is 54.7 Å².